The molecule has 31 heavy (non-hydrogen) atoms. The highest BCUT2D eigenvalue weighted by Crippen LogP contribution is 2.25. The van der Waals surface area contributed by atoms with Gasteiger partial charge in [-0.15, -0.1) is 0 Å². The van der Waals surface area contributed by atoms with Gasteiger partial charge in [0.2, 0.25) is 5.95 Å². The molecule has 0 atom stereocenters. The van der Waals surface area contributed by atoms with Gasteiger partial charge in [-0.1, -0.05) is 6.07 Å². The number of benzene rings is 1. The van der Waals surface area contributed by atoms with E-state index in [0.29, 0.717) is 30.7 Å². The van der Waals surface area contributed by atoms with Crippen molar-refractivity contribution in [2.75, 3.05) is 60.3 Å². The summed E-state index contributed by atoms with van der Waals surface area (Å²) < 4.78 is 40.4. The quantitative estimate of drug-likeness (QED) is 0.624. The lowest BCUT2D eigenvalue weighted by Gasteiger charge is -2.35. The molecule has 0 radical (unpaired) electrons. The summed E-state index contributed by atoms with van der Waals surface area (Å²) in [7, 11) is 3.68. The number of piperazine rings is 1. The Morgan fingerprint density at radius 3 is 2.19 bits per heavy atom. The van der Waals surface area contributed by atoms with Gasteiger partial charge in [-0.3, -0.25) is 0 Å². The molecule has 0 amide bonds. The van der Waals surface area contributed by atoms with E-state index in [-0.39, 0.29) is 5.69 Å². The summed E-state index contributed by atoms with van der Waals surface area (Å²) in [5.74, 6) is -1.64. The lowest BCUT2D eigenvalue weighted by atomic mass is 10.3. The molecule has 7 nitrogen and oxygen atoms in total. The van der Waals surface area contributed by atoms with E-state index >= 15 is 0 Å². The van der Waals surface area contributed by atoms with Crippen LogP contribution in [0.2, 0.25) is 0 Å². The first-order chi connectivity index (χ1) is 14.9. The summed E-state index contributed by atoms with van der Waals surface area (Å²) in [6.07, 6.45) is 1.77. The van der Waals surface area contributed by atoms with Gasteiger partial charge in [0.05, 0.1) is 0 Å². The molecular formula is C21H22F3N7. The van der Waals surface area contributed by atoms with E-state index in [9.17, 15) is 13.2 Å². The molecule has 3 aromatic rings. The van der Waals surface area contributed by atoms with E-state index in [1.165, 1.54) is 0 Å². The number of nitrogens with zero attached hydrogens (tertiary/aromatic N) is 6. The molecule has 1 aliphatic rings. The highest BCUT2D eigenvalue weighted by molar-refractivity contribution is 5.62. The van der Waals surface area contributed by atoms with E-state index in [1.54, 1.807) is 12.3 Å². The van der Waals surface area contributed by atoms with Gasteiger partial charge in [-0.05, 0) is 12.1 Å². The van der Waals surface area contributed by atoms with Crippen LogP contribution in [0.25, 0.3) is 0 Å². The number of pyridine rings is 1. The molecule has 1 N–H and O–H groups in total. The van der Waals surface area contributed by atoms with E-state index in [1.807, 2.05) is 42.1 Å². The molecule has 1 saturated heterocycles. The van der Waals surface area contributed by atoms with Crippen LogP contribution in [0.5, 0.6) is 0 Å². The van der Waals surface area contributed by atoms with Gasteiger partial charge in [0.25, 0.3) is 0 Å². The summed E-state index contributed by atoms with van der Waals surface area (Å²) in [5, 5.41) is 2.85. The first-order valence-electron chi connectivity index (χ1n) is 9.79. The lowest BCUT2D eigenvalue weighted by Crippen LogP contribution is -2.47. The van der Waals surface area contributed by atoms with Crippen LogP contribution in [0.15, 0.2) is 42.6 Å². The molecule has 162 valence electrons. The highest BCUT2D eigenvalue weighted by Gasteiger charge is 2.21. The van der Waals surface area contributed by atoms with Crippen molar-refractivity contribution in [3.63, 3.8) is 0 Å². The topological polar surface area (TPSA) is 60.4 Å². The molecular weight excluding hydrogens is 407 g/mol. The Balaban J connectivity index is 1.55. The minimum Gasteiger partial charge on any atom is -0.363 e. The van der Waals surface area contributed by atoms with Gasteiger partial charge in [0, 0.05) is 70.4 Å². The Morgan fingerprint density at radius 2 is 1.58 bits per heavy atom. The van der Waals surface area contributed by atoms with E-state index in [0.717, 1.165) is 31.0 Å². The molecule has 0 unspecified atom stereocenters. The van der Waals surface area contributed by atoms with Crippen molar-refractivity contribution < 1.29 is 13.2 Å². The van der Waals surface area contributed by atoms with Crippen LogP contribution in [0.3, 0.4) is 0 Å². The van der Waals surface area contributed by atoms with Crippen LogP contribution in [-0.4, -0.2) is 55.2 Å². The smallest absolute Gasteiger partial charge is 0.229 e. The van der Waals surface area contributed by atoms with E-state index in [4.69, 9.17) is 0 Å². The summed E-state index contributed by atoms with van der Waals surface area (Å²) in [4.78, 5) is 19.6. The van der Waals surface area contributed by atoms with E-state index < -0.39 is 17.5 Å². The fourth-order valence-electron chi connectivity index (χ4n) is 3.31. The third-order valence-corrected chi connectivity index (χ3v) is 4.95. The van der Waals surface area contributed by atoms with Crippen LogP contribution in [-0.2, 0) is 0 Å². The normalized spacial score (nSPS) is 14.0. The standard InChI is InChI=1S/C21H22F3N7/c1-29(2)19-13-17(26-14-11-15(22)20(24)16(23)12-14)27-21(28-19)31-9-7-30(8-10-31)18-5-3-4-6-25-18/h3-6,11-13H,7-10H2,1-2H3,(H,26,27,28). The van der Waals surface area contributed by atoms with Crippen LogP contribution in [0.1, 0.15) is 0 Å². The van der Waals surface area contributed by atoms with Crippen molar-refractivity contribution in [2.24, 2.45) is 0 Å². The van der Waals surface area contributed by atoms with Gasteiger partial charge in [0.1, 0.15) is 17.5 Å². The molecule has 1 aromatic carbocycles. The van der Waals surface area contributed by atoms with Gasteiger partial charge >= 0.3 is 0 Å². The van der Waals surface area contributed by atoms with Crippen LogP contribution in [0.4, 0.5) is 42.3 Å². The fraction of sp³-hybridized carbons (Fsp3) is 0.286. The second-order valence-electron chi connectivity index (χ2n) is 7.35. The summed E-state index contributed by atoms with van der Waals surface area (Å²) >= 11 is 0. The SMILES string of the molecule is CN(C)c1cc(Nc2cc(F)c(F)c(F)c2)nc(N2CCN(c3ccccn3)CC2)n1. The highest BCUT2D eigenvalue weighted by atomic mass is 19.2. The number of nitrogens with one attached hydrogen (secondary N) is 1. The molecule has 2 aromatic heterocycles. The minimum atomic E-state index is -1.51. The Morgan fingerprint density at radius 1 is 0.903 bits per heavy atom. The summed E-state index contributed by atoms with van der Waals surface area (Å²) in [5.41, 5.74) is 0.0609. The van der Waals surface area contributed by atoms with Crippen molar-refractivity contribution in [3.8, 4) is 0 Å². The molecule has 3 heterocycles. The predicted molar refractivity (Wildman–Crippen MR) is 115 cm³/mol. The number of rotatable bonds is 5. The zero-order valence-corrected chi connectivity index (χ0v) is 17.2. The largest absolute Gasteiger partial charge is 0.363 e. The second kappa shape index (κ2) is 8.66. The average molecular weight is 429 g/mol. The van der Waals surface area contributed by atoms with Gasteiger partial charge in [-0.25, -0.2) is 18.2 Å². The van der Waals surface area contributed by atoms with Crippen LogP contribution < -0.4 is 20.0 Å². The molecule has 0 saturated carbocycles. The molecule has 0 bridgehead atoms. The number of halogens is 3. The van der Waals surface area contributed by atoms with Gasteiger partial charge < -0.3 is 20.0 Å². The Hall–Kier alpha value is -3.56. The number of aromatic nitrogens is 3. The predicted octanol–water partition coefficient (Wildman–Crippen LogP) is 3.43. The second-order valence-corrected chi connectivity index (χ2v) is 7.35. The molecule has 1 aliphatic heterocycles. The third kappa shape index (κ3) is 4.62. The Labute approximate surface area is 178 Å². The number of hydrogen-bond acceptors (Lipinski definition) is 7. The van der Waals surface area contributed by atoms with Gasteiger partial charge in [0.15, 0.2) is 17.5 Å². The molecule has 4 rings (SSSR count). The summed E-state index contributed by atoms with van der Waals surface area (Å²) in [6.45, 7) is 2.88. The van der Waals surface area contributed by atoms with Crippen molar-refractivity contribution in [1.82, 2.24) is 15.0 Å². The maximum absolute atomic E-state index is 13.6. The lowest BCUT2D eigenvalue weighted by molar-refractivity contribution is 0.448. The van der Waals surface area contributed by atoms with Crippen molar-refractivity contribution >= 4 is 29.1 Å². The fourth-order valence-corrected chi connectivity index (χ4v) is 3.31. The van der Waals surface area contributed by atoms with Crippen LogP contribution >= 0.6 is 0 Å². The minimum absolute atomic E-state index is 0.0609. The molecule has 1 fully saturated rings. The Bertz CT molecular complexity index is 1030. The van der Waals surface area contributed by atoms with Crippen LogP contribution in [0, 0.1) is 17.5 Å². The molecule has 0 aliphatic carbocycles. The maximum atomic E-state index is 13.6. The maximum Gasteiger partial charge on any atom is 0.229 e. The molecule has 10 heteroatoms. The van der Waals surface area contributed by atoms with E-state index in [2.05, 4.69) is 25.2 Å². The van der Waals surface area contributed by atoms with Gasteiger partial charge in [-0.2, -0.15) is 9.97 Å². The van der Waals surface area contributed by atoms with Crippen molar-refractivity contribution in [3.05, 3.63) is 60.0 Å². The zero-order valence-electron chi connectivity index (χ0n) is 17.2. The van der Waals surface area contributed by atoms with Crippen molar-refractivity contribution in [2.45, 2.75) is 0 Å². The number of anilines is 5. The first kappa shape index (κ1) is 20.7. The Kier molecular flexibility index (Phi) is 5.79. The monoisotopic (exact) mass is 429 g/mol. The van der Waals surface area contributed by atoms with Crippen molar-refractivity contribution in [1.29, 1.82) is 0 Å². The number of hydrogen-bond donors (Lipinski definition) is 1. The molecule has 0 spiro atoms. The average Bonchev–Trinajstić information content (AvgIpc) is 2.78. The zero-order chi connectivity index (χ0) is 22.0. The third-order valence-electron chi connectivity index (χ3n) is 4.95. The summed E-state index contributed by atoms with van der Waals surface area (Å²) in [6, 6.07) is 9.25. The first-order valence-corrected chi connectivity index (χ1v) is 9.79.